The Morgan fingerprint density at radius 2 is 2.00 bits per heavy atom. The molecule has 8 nitrogen and oxygen atoms in total. The molecule has 2 bridgehead atoms. The molecular formula is C23H24BrN5O3. The summed E-state index contributed by atoms with van der Waals surface area (Å²) in [6.07, 6.45) is 6.08. The lowest BCUT2D eigenvalue weighted by Gasteiger charge is -2.39. The van der Waals surface area contributed by atoms with E-state index in [-0.39, 0.29) is 28.4 Å². The molecule has 2 aliphatic rings. The van der Waals surface area contributed by atoms with E-state index in [1.54, 1.807) is 12.3 Å². The number of hydrogen-bond acceptors (Lipinski definition) is 7. The molecule has 0 radical (unpaired) electrons. The molecule has 1 aliphatic carbocycles. The number of halogens is 1. The minimum absolute atomic E-state index is 0.0693. The fraction of sp³-hybridized carbons (Fsp3) is 0.435. The van der Waals surface area contributed by atoms with E-state index in [9.17, 15) is 10.1 Å². The third kappa shape index (κ3) is 3.58. The first kappa shape index (κ1) is 21.1. The van der Waals surface area contributed by atoms with Crippen LogP contribution in [0.15, 0.2) is 41.3 Å². The number of fused-ring (bicyclic) bond motifs is 3. The van der Waals surface area contributed by atoms with E-state index in [0.717, 1.165) is 35.7 Å². The summed E-state index contributed by atoms with van der Waals surface area (Å²) in [5.74, 6) is 0.672. The molecule has 1 aromatic carbocycles. The molecule has 2 atom stereocenters. The second-order valence-electron chi connectivity index (χ2n) is 10.00. The lowest BCUT2D eigenvalue weighted by Crippen LogP contribution is -2.35. The zero-order chi connectivity index (χ0) is 22.7. The average Bonchev–Trinajstić information content (AvgIpc) is 2.98. The number of hydrogen-bond donors (Lipinski definition) is 0. The van der Waals surface area contributed by atoms with E-state index in [1.165, 1.54) is 6.33 Å². The van der Waals surface area contributed by atoms with Gasteiger partial charge in [0.15, 0.2) is 5.75 Å². The van der Waals surface area contributed by atoms with Gasteiger partial charge in [0.2, 0.25) is 5.82 Å². The summed E-state index contributed by atoms with van der Waals surface area (Å²) in [4.78, 5) is 26.8. The third-order valence-electron chi connectivity index (χ3n) is 6.52. The Labute approximate surface area is 194 Å². The molecule has 1 aliphatic heterocycles. The van der Waals surface area contributed by atoms with Crippen LogP contribution in [0.25, 0.3) is 10.9 Å². The van der Waals surface area contributed by atoms with Crippen molar-refractivity contribution in [2.75, 3.05) is 11.4 Å². The molecule has 166 valence electrons. The van der Waals surface area contributed by atoms with Gasteiger partial charge in [0.1, 0.15) is 11.8 Å². The summed E-state index contributed by atoms with van der Waals surface area (Å²) >= 11 is 3.51. The number of benzene rings is 1. The number of anilines is 1. The predicted molar refractivity (Wildman–Crippen MR) is 125 cm³/mol. The summed E-state index contributed by atoms with van der Waals surface area (Å²) < 4.78 is 6.88. The van der Waals surface area contributed by atoms with E-state index >= 15 is 0 Å². The summed E-state index contributed by atoms with van der Waals surface area (Å²) in [5, 5.41) is 13.1. The van der Waals surface area contributed by atoms with Gasteiger partial charge in [-0.1, -0.05) is 42.8 Å². The van der Waals surface area contributed by atoms with Gasteiger partial charge in [-0.25, -0.2) is 4.98 Å². The zero-order valence-electron chi connectivity index (χ0n) is 18.2. The number of rotatable bonds is 4. The van der Waals surface area contributed by atoms with Gasteiger partial charge in [-0.2, -0.15) is 4.98 Å². The van der Waals surface area contributed by atoms with Gasteiger partial charge in [-0.3, -0.25) is 15.1 Å². The van der Waals surface area contributed by atoms with Gasteiger partial charge in [0.25, 0.3) is 0 Å². The van der Waals surface area contributed by atoms with Crippen LogP contribution in [0.5, 0.6) is 11.6 Å². The van der Waals surface area contributed by atoms with Crippen LogP contribution in [-0.4, -0.2) is 32.5 Å². The summed E-state index contributed by atoms with van der Waals surface area (Å²) in [5.41, 5.74) is 0.698. The first-order valence-corrected chi connectivity index (χ1v) is 11.4. The molecule has 1 saturated heterocycles. The van der Waals surface area contributed by atoms with E-state index < -0.39 is 4.92 Å². The van der Waals surface area contributed by atoms with Gasteiger partial charge in [-0.15, -0.1) is 0 Å². The van der Waals surface area contributed by atoms with Crippen LogP contribution in [0.4, 0.5) is 11.5 Å². The van der Waals surface area contributed by atoms with Crippen molar-refractivity contribution < 1.29 is 9.66 Å². The van der Waals surface area contributed by atoms with Crippen LogP contribution in [-0.2, 0) is 0 Å². The van der Waals surface area contributed by atoms with Gasteiger partial charge in [0.05, 0.1) is 4.92 Å². The van der Waals surface area contributed by atoms with Crippen molar-refractivity contribution in [3.05, 3.63) is 51.4 Å². The van der Waals surface area contributed by atoms with Crippen LogP contribution in [0.1, 0.15) is 40.0 Å². The van der Waals surface area contributed by atoms with Crippen molar-refractivity contribution in [3.63, 3.8) is 0 Å². The maximum absolute atomic E-state index is 12.2. The Balaban J connectivity index is 1.58. The number of pyridine rings is 1. The lowest BCUT2D eigenvalue weighted by molar-refractivity contribution is -0.385. The molecule has 2 fully saturated rings. The second kappa shape index (κ2) is 7.37. The lowest BCUT2D eigenvalue weighted by atomic mass is 9.65. The van der Waals surface area contributed by atoms with Gasteiger partial charge < -0.3 is 9.64 Å². The quantitative estimate of drug-likeness (QED) is 0.327. The zero-order valence-corrected chi connectivity index (χ0v) is 19.8. The summed E-state index contributed by atoms with van der Waals surface area (Å²) in [6, 6.07) is 7.51. The van der Waals surface area contributed by atoms with Crippen molar-refractivity contribution >= 4 is 38.3 Å². The highest BCUT2D eigenvalue weighted by Crippen LogP contribution is 2.54. The van der Waals surface area contributed by atoms with Crippen molar-refractivity contribution in [2.45, 2.75) is 46.1 Å². The third-order valence-corrected chi connectivity index (χ3v) is 7.22. The molecule has 2 unspecified atom stereocenters. The van der Waals surface area contributed by atoms with E-state index in [0.29, 0.717) is 17.1 Å². The Morgan fingerprint density at radius 3 is 2.78 bits per heavy atom. The molecular weight excluding hydrogens is 474 g/mol. The second-order valence-corrected chi connectivity index (χ2v) is 10.9. The molecule has 1 saturated carbocycles. The monoisotopic (exact) mass is 497 g/mol. The van der Waals surface area contributed by atoms with E-state index in [1.807, 2.05) is 18.2 Å². The average molecular weight is 498 g/mol. The fourth-order valence-electron chi connectivity index (χ4n) is 5.80. The van der Waals surface area contributed by atoms with Gasteiger partial charge in [-0.05, 0) is 48.3 Å². The highest BCUT2D eigenvalue weighted by molar-refractivity contribution is 9.10. The number of nitrogens with zero attached hydrogens (tertiary/aromatic N) is 5. The maximum atomic E-state index is 12.2. The Morgan fingerprint density at radius 1 is 1.19 bits per heavy atom. The Bertz CT molecular complexity index is 1230. The first-order chi connectivity index (χ1) is 15.2. The SMILES string of the molecule is CC1(C)CC2CC(C)(CN2c2ncnc(Oc3ccc(Br)c4cccnc34)c2[N+](=O)[O-])C1. The highest BCUT2D eigenvalue weighted by atomic mass is 79.9. The number of aromatic nitrogens is 3. The Hall–Kier alpha value is -2.81. The molecule has 0 amide bonds. The van der Waals surface area contributed by atoms with Crippen LogP contribution < -0.4 is 9.64 Å². The summed E-state index contributed by atoms with van der Waals surface area (Å²) in [6.45, 7) is 7.55. The number of nitro groups is 1. The molecule has 2 aromatic heterocycles. The molecule has 9 heteroatoms. The molecule has 0 N–H and O–H groups in total. The highest BCUT2D eigenvalue weighted by Gasteiger charge is 2.51. The first-order valence-electron chi connectivity index (χ1n) is 10.6. The summed E-state index contributed by atoms with van der Waals surface area (Å²) in [7, 11) is 0. The van der Waals surface area contributed by atoms with Crippen molar-refractivity contribution in [1.29, 1.82) is 0 Å². The Kier molecular flexibility index (Phi) is 4.85. The number of ether oxygens (including phenoxy) is 1. The largest absolute Gasteiger partial charge is 0.431 e. The molecule has 3 heterocycles. The van der Waals surface area contributed by atoms with Crippen LogP contribution in [0.3, 0.4) is 0 Å². The van der Waals surface area contributed by atoms with Gasteiger partial charge >= 0.3 is 11.6 Å². The molecule has 32 heavy (non-hydrogen) atoms. The normalized spacial score (nSPS) is 24.0. The van der Waals surface area contributed by atoms with Crippen LogP contribution in [0.2, 0.25) is 0 Å². The molecule has 5 rings (SSSR count). The molecule has 0 spiro atoms. The smallest absolute Gasteiger partial charge is 0.373 e. The topological polar surface area (TPSA) is 94.3 Å². The van der Waals surface area contributed by atoms with Crippen molar-refractivity contribution in [2.24, 2.45) is 10.8 Å². The van der Waals surface area contributed by atoms with E-state index in [4.69, 9.17) is 4.74 Å². The van der Waals surface area contributed by atoms with E-state index in [2.05, 4.69) is 56.6 Å². The van der Waals surface area contributed by atoms with Gasteiger partial charge in [0, 0.05) is 28.6 Å². The predicted octanol–water partition coefficient (Wildman–Crippen LogP) is 5.89. The van der Waals surface area contributed by atoms with Crippen molar-refractivity contribution in [3.8, 4) is 11.6 Å². The maximum Gasteiger partial charge on any atom is 0.373 e. The minimum Gasteiger partial charge on any atom is -0.431 e. The van der Waals surface area contributed by atoms with Crippen molar-refractivity contribution in [1.82, 2.24) is 15.0 Å². The van der Waals surface area contributed by atoms with Crippen LogP contribution in [0, 0.1) is 20.9 Å². The molecule has 3 aromatic rings. The van der Waals surface area contributed by atoms with Crippen LogP contribution >= 0.6 is 15.9 Å². The fourth-order valence-corrected chi connectivity index (χ4v) is 6.26. The minimum atomic E-state index is -0.436. The standard InChI is InChI=1S/C23H24BrN5O3/c1-22(2)9-14-10-23(3,11-22)12-28(14)20-19(29(30)31)21(27-13-26-20)32-17-7-6-16(24)15-5-4-8-25-18(15)17/h4-8,13-14H,9-12H2,1-3H3.